The summed E-state index contributed by atoms with van der Waals surface area (Å²) in [6, 6.07) is 11.0. The first-order chi connectivity index (χ1) is 12.0. The van der Waals surface area contributed by atoms with Crippen LogP contribution in [0.4, 0.5) is 4.39 Å². The molecule has 1 aliphatic heterocycles. The summed E-state index contributed by atoms with van der Waals surface area (Å²) in [5.74, 6) is -3.03. The van der Waals surface area contributed by atoms with Gasteiger partial charge in [-0.1, -0.05) is 12.1 Å². The molecule has 0 saturated carbocycles. The lowest BCUT2D eigenvalue weighted by atomic mass is 10.1. The Hall–Kier alpha value is -3.55. The van der Waals surface area contributed by atoms with Crippen LogP contribution in [-0.4, -0.2) is 35.1 Å². The van der Waals surface area contributed by atoms with Gasteiger partial charge in [-0.15, -0.1) is 0 Å². The predicted molar refractivity (Wildman–Crippen MR) is 83.8 cm³/mol. The van der Waals surface area contributed by atoms with E-state index in [1.54, 1.807) is 12.1 Å². The molecule has 4 amide bonds. The Balaban J connectivity index is 1.58. The van der Waals surface area contributed by atoms with Crippen molar-refractivity contribution < 1.29 is 23.6 Å². The highest BCUT2D eigenvalue weighted by atomic mass is 19.1. The van der Waals surface area contributed by atoms with Crippen LogP contribution < -0.4 is 10.9 Å². The third kappa shape index (κ3) is 3.23. The minimum absolute atomic E-state index is 0.141. The minimum Gasteiger partial charge on any atom is -0.271 e. The zero-order valence-corrected chi connectivity index (χ0v) is 12.8. The molecule has 126 valence electrons. The third-order valence-corrected chi connectivity index (χ3v) is 3.60. The van der Waals surface area contributed by atoms with E-state index in [0.717, 1.165) is 17.0 Å². The van der Waals surface area contributed by atoms with Gasteiger partial charge in [-0.3, -0.25) is 34.9 Å². The van der Waals surface area contributed by atoms with Crippen molar-refractivity contribution in [3.8, 4) is 0 Å². The highest BCUT2D eigenvalue weighted by Crippen LogP contribution is 2.21. The van der Waals surface area contributed by atoms with Gasteiger partial charge in [0.25, 0.3) is 23.6 Å². The Labute approximate surface area is 141 Å². The highest BCUT2D eigenvalue weighted by Gasteiger charge is 2.36. The average molecular weight is 341 g/mol. The fourth-order valence-corrected chi connectivity index (χ4v) is 2.37. The standard InChI is InChI=1S/C17H12FN3O4/c18-11-7-5-10(6-8-11)15(23)20-19-14(22)9-21-16(24)12-3-1-2-4-13(12)17(21)25/h1-8H,9H2,(H,19,22)(H,20,23). The predicted octanol–water partition coefficient (Wildman–Crippen LogP) is 0.883. The van der Waals surface area contributed by atoms with Crippen LogP contribution in [0.1, 0.15) is 31.1 Å². The maximum atomic E-state index is 12.8. The molecule has 3 rings (SSSR count). The quantitative estimate of drug-likeness (QED) is 0.640. The number of carbonyl (C=O) groups is 4. The molecule has 1 heterocycles. The molecule has 0 aromatic heterocycles. The first-order valence-corrected chi connectivity index (χ1v) is 7.27. The number of halogens is 1. The number of fused-ring (bicyclic) bond motifs is 1. The van der Waals surface area contributed by atoms with E-state index in [1.165, 1.54) is 24.3 Å². The SMILES string of the molecule is O=C(CN1C(=O)c2ccccc2C1=O)NNC(=O)c1ccc(F)cc1. The van der Waals surface area contributed by atoms with Crippen LogP contribution in [0.25, 0.3) is 0 Å². The Bertz CT molecular complexity index is 845. The summed E-state index contributed by atoms with van der Waals surface area (Å²) in [6.07, 6.45) is 0. The highest BCUT2D eigenvalue weighted by molar-refractivity contribution is 6.22. The molecular formula is C17H12FN3O4. The zero-order chi connectivity index (χ0) is 18.0. The maximum Gasteiger partial charge on any atom is 0.269 e. The van der Waals surface area contributed by atoms with Crippen molar-refractivity contribution in [3.05, 3.63) is 71.0 Å². The summed E-state index contributed by atoms with van der Waals surface area (Å²) in [5.41, 5.74) is 4.85. The smallest absolute Gasteiger partial charge is 0.269 e. The molecule has 2 aromatic rings. The number of hydrazine groups is 1. The molecule has 2 aromatic carbocycles. The van der Waals surface area contributed by atoms with Crippen LogP contribution in [0.3, 0.4) is 0 Å². The van der Waals surface area contributed by atoms with Crippen molar-refractivity contribution in [1.29, 1.82) is 0 Å². The second-order valence-electron chi connectivity index (χ2n) is 5.25. The number of hydrogen-bond donors (Lipinski definition) is 2. The van der Waals surface area contributed by atoms with Gasteiger partial charge >= 0.3 is 0 Å². The van der Waals surface area contributed by atoms with Crippen LogP contribution in [0.2, 0.25) is 0 Å². The normalized spacial score (nSPS) is 12.8. The molecule has 0 saturated heterocycles. The molecule has 0 bridgehead atoms. The number of nitrogens with one attached hydrogen (secondary N) is 2. The van der Waals surface area contributed by atoms with E-state index < -0.39 is 36.0 Å². The van der Waals surface area contributed by atoms with E-state index in [0.29, 0.717) is 0 Å². The number of imide groups is 1. The van der Waals surface area contributed by atoms with E-state index in [4.69, 9.17) is 0 Å². The summed E-state index contributed by atoms with van der Waals surface area (Å²) >= 11 is 0. The summed E-state index contributed by atoms with van der Waals surface area (Å²) in [4.78, 5) is 48.8. The van der Waals surface area contributed by atoms with Crippen LogP contribution in [0.15, 0.2) is 48.5 Å². The number of rotatable bonds is 3. The summed E-state index contributed by atoms with van der Waals surface area (Å²) in [5, 5.41) is 0. The van der Waals surface area contributed by atoms with E-state index in [-0.39, 0.29) is 16.7 Å². The topological polar surface area (TPSA) is 95.6 Å². The van der Waals surface area contributed by atoms with Crippen molar-refractivity contribution in [2.24, 2.45) is 0 Å². The molecule has 25 heavy (non-hydrogen) atoms. The van der Waals surface area contributed by atoms with Crippen molar-refractivity contribution in [3.63, 3.8) is 0 Å². The van der Waals surface area contributed by atoms with E-state index >= 15 is 0 Å². The molecular weight excluding hydrogens is 329 g/mol. The number of nitrogens with zero attached hydrogens (tertiary/aromatic N) is 1. The summed E-state index contributed by atoms with van der Waals surface area (Å²) < 4.78 is 12.8. The van der Waals surface area contributed by atoms with E-state index in [9.17, 15) is 23.6 Å². The Kier molecular flexibility index (Phi) is 4.25. The fraction of sp³-hybridized carbons (Fsp3) is 0.0588. The maximum absolute atomic E-state index is 12.8. The zero-order valence-electron chi connectivity index (χ0n) is 12.8. The Morgan fingerprint density at radius 3 is 2.00 bits per heavy atom. The molecule has 0 spiro atoms. The lowest BCUT2D eigenvalue weighted by Crippen LogP contribution is -2.47. The van der Waals surface area contributed by atoms with E-state index in [2.05, 4.69) is 10.9 Å². The van der Waals surface area contributed by atoms with Crippen LogP contribution in [0, 0.1) is 5.82 Å². The van der Waals surface area contributed by atoms with Crippen molar-refractivity contribution >= 4 is 23.6 Å². The molecule has 0 aliphatic carbocycles. The van der Waals surface area contributed by atoms with Gasteiger partial charge in [0, 0.05) is 5.56 Å². The monoisotopic (exact) mass is 341 g/mol. The van der Waals surface area contributed by atoms with Gasteiger partial charge in [0.05, 0.1) is 11.1 Å². The van der Waals surface area contributed by atoms with Gasteiger partial charge in [0.2, 0.25) is 0 Å². The first-order valence-electron chi connectivity index (χ1n) is 7.27. The van der Waals surface area contributed by atoms with Crippen LogP contribution in [-0.2, 0) is 4.79 Å². The van der Waals surface area contributed by atoms with Gasteiger partial charge in [-0.25, -0.2) is 4.39 Å². The molecule has 0 unspecified atom stereocenters. The molecule has 8 heteroatoms. The Morgan fingerprint density at radius 2 is 1.44 bits per heavy atom. The molecule has 0 atom stereocenters. The average Bonchev–Trinajstić information content (AvgIpc) is 2.86. The van der Waals surface area contributed by atoms with Crippen LogP contribution >= 0.6 is 0 Å². The van der Waals surface area contributed by atoms with Crippen LogP contribution in [0.5, 0.6) is 0 Å². The first kappa shape index (κ1) is 16.3. The lowest BCUT2D eigenvalue weighted by Gasteiger charge is -2.14. The molecule has 0 radical (unpaired) electrons. The largest absolute Gasteiger partial charge is 0.271 e. The number of amides is 4. The summed E-state index contributed by atoms with van der Waals surface area (Å²) in [6.45, 7) is -0.532. The second-order valence-corrected chi connectivity index (χ2v) is 5.25. The number of hydrogen-bond acceptors (Lipinski definition) is 4. The lowest BCUT2D eigenvalue weighted by molar-refractivity contribution is -0.122. The van der Waals surface area contributed by atoms with Crippen molar-refractivity contribution in [2.45, 2.75) is 0 Å². The molecule has 2 N–H and O–H groups in total. The fourth-order valence-electron chi connectivity index (χ4n) is 2.37. The van der Waals surface area contributed by atoms with Crippen molar-refractivity contribution in [1.82, 2.24) is 15.8 Å². The van der Waals surface area contributed by atoms with Gasteiger partial charge in [0.1, 0.15) is 12.4 Å². The van der Waals surface area contributed by atoms with Gasteiger partial charge in [-0.05, 0) is 36.4 Å². The Morgan fingerprint density at radius 1 is 0.880 bits per heavy atom. The second kappa shape index (κ2) is 6.52. The molecule has 0 fully saturated rings. The summed E-state index contributed by atoms with van der Waals surface area (Å²) in [7, 11) is 0. The molecule has 7 nitrogen and oxygen atoms in total. The van der Waals surface area contributed by atoms with Gasteiger partial charge < -0.3 is 0 Å². The molecule has 1 aliphatic rings. The minimum atomic E-state index is -0.745. The third-order valence-electron chi connectivity index (χ3n) is 3.60. The number of benzene rings is 2. The van der Waals surface area contributed by atoms with E-state index in [1.807, 2.05) is 0 Å². The van der Waals surface area contributed by atoms with Gasteiger partial charge in [0.15, 0.2) is 0 Å². The number of carbonyl (C=O) groups excluding carboxylic acids is 4. The van der Waals surface area contributed by atoms with Crippen molar-refractivity contribution in [2.75, 3.05) is 6.54 Å². The van der Waals surface area contributed by atoms with Gasteiger partial charge in [-0.2, -0.15) is 0 Å².